The van der Waals surface area contributed by atoms with Crippen LogP contribution in [-0.4, -0.2) is 11.0 Å². The van der Waals surface area contributed by atoms with E-state index in [1.807, 2.05) is 13.0 Å². The molecular weight excluding hydrogens is 331 g/mol. The molecule has 0 aliphatic rings. The normalized spacial score (nSPS) is 12.5. The summed E-state index contributed by atoms with van der Waals surface area (Å²) < 4.78 is 0.872. The van der Waals surface area contributed by atoms with Crippen molar-refractivity contribution in [1.82, 2.24) is 0 Å². The molecule has 0 amide bonds. The van der Waals surface area contributed by atoms with E-state index < -0.39 is 0 Å². The molecule has 5 heteroatoms. The lowest BCUT2D eigenvalue weighted by molar-refractivity contribution is -0.384. The van der Waals surface area contributed by atoms with E-state index in [-0.39, 0.29) is 16.7 Å². The fourth-order valence-electron chi connectivity index (χ4n) is 1.81. The van der Waals surface area contributed by atoms with E-state index in [1.165, 1.54) is 0 Å². The molecule has 0 heterocycles. The lowest BCUT2D eigenvalue weighted by atomic mass is 10.0. The predicted molar refractivity (Wildman–Crippen MR) is 78.4 cm³/mol. The van der Waals surface area contributed by atoms with E-state index in [0.717, 1.165) is 9.99 Å². The molecule has 0 saturated heterocycles. The van der Waals surface area contributed by atoms with Crippen molar-refractivity contribution in [2.75, 3.05) is 5.32 Å². The molecule has 1 N–H and O–H groups in total. The highest BCUT2D eigenvalue weighted by Crippen LogP contribution is 2.27. The number of hydrogen-bond donors (Lipinski definition) is 1. The molecule has 0 aliphatic carbocycles. The Labute approximate surface area is 115 Å². The zero-order valence-corrected chi connectivity index (χ0v) is 12.4. The molecule has 0 radical (unpaired) electrons. The Morgan fingerprint density at radius 1 is 1.41 bits per heavy atom. The van der Waals surface area contributed by atoms with Gasteiger partial charge in [-0.05, 0) is 54.0 Å². The van der Waals surface area contributed by atoms with Crippen LogP contribution in [0.5, 0.6) is 0 Å². The molecule has 94 valence electrons. The Kier molecular flexibility index (Phi) is 5.17. The second-order valence-corrected chi connectivity index (χ2v) is 5.84. The first-order valence-electron chi connectivity index (χ1n) is 5.60. The van der Waals surface area contributed by atoms with E-state index >= 15 is 0 Å². The summed E-state index contributed by atoms with van der Waals surface area (Å²) in [6, 6.07) is 5.47. The molecule has 1 unspecified atom stereocenters. The third-order valence-corrected chi connectivity index (χ3v) is 3.05. The van der Waals surface area contributed by atoms with Gasteiger partial charge in [0.25, 0.3) is 5.69 Å². The van der Waals surface area contributed by atoms with Gasteiger partial charge in [-0.1, -0.05) is 13.8 Å². The number of halogens is 1. The van der Waals surface area contributed by atoms with E-state index in [2.05, 4.69) is 41.8 Å². The second-order valence-electron chi connectivity index (χ2n) is 4.59. The molecule has 0 fully saturated rings. The van der Waals surface area contributed by atoms with Gasteiger partial charge in [0.15, 0.2) is 0 Å². The zero-order chi connectivity index (χ0) is 13.0. The van der Waals surface area contributed by atoms with Crippen LogP contribution in [0.2, 0.25) is 0 Å². The summed E-state index contributed by atoms with van der Waals surface area (Å²) in [5.41, 5.74) is 0.746. The number of rotatable bonds is 5. The Hall–Kier alpha value is -0.850. The number of anilines is 1. The first kappa shape index (κ1) is 14.2. The van der Waals surface area contributed by atoms with E-state index in [4.69, 9.17) is 0 Å². The maximum atomic E-state index is 10.9. The molecular formula is C12H17IN2O2. The Morgan fingerprint density at radius 2 is 2.06 bits per heavy atom. The van der Waals surface area contributed by atoms with Crippen molar-refractivity contribution >= 4 is 34.0 Å². The summed E-state index contributed by atoms with van der Waals surface area (Å²) >= 11 is 2.08. The molecule has 17 heavy (non-hydrogen) atoms. The average molecular weight is 348 g/mol. The third-order valence-electron chi connectivity index (χ3n) is 2.38. The number of nitro benzene ring substituents is 1. The Balaban J connectivity index is 2.86. The van der Waals surface area contributed by atoms with Crippen LogP contribution in [0.3, 0.4) is 0 Å². The zero-order valence-electron chi connectivity index (χ0n) is 10.2. The van der Waals surface area contributed by atoms with E-state index in [0.29, 0.717) is 11.6 Å². The topological polar surface area (TPSA) is 55.2 Å². The van der Waals surface area contributed by atoms with Crippen LogP contribution < -0.4 is 5.32 Å². The first-order valence-corrected chi connectivity index (χ1v) is 6.68. The van der Waals surface area contributed by atoms with Gasteiger partial charge in [-0.2, -0.15) is 0 Å². The van der Waals surface area contributed by atoms with Crippen LogP contribution in [0.4, 0.5) is 11.4 Å². The predicted octanol–water partition coefficient (Wildman–Crippen LogP) is 4.05. The highest BCUT2D eigenvalue weighted by atomic mass is 127. The lowest BCUT2D eigenvalue weighted by Crippen LogP contribution is -2.18. The molecule has 1 rings (SSSR count). The smallest absolute Gasteiger partial charge is 0.293 e. The summed E-state index contributed by atoms with van der Waals surface area (Å²) in [6.07, 6.45) is 0.989. The lowest BCUT2D eigenvalue weighted by Gasteiger charge is -2.17. The summed E-state index contributed by atoms with van der Waals surface area (Å²) in [6.45, 7) is 6.32. The van der Waals surface area contributed by atoms with Crippen LogP contribution in [0.25, 0.3) is 0 Å². The standard InChI is InChI=1S/C12H17IN2O2/c1-8(2)6-9(3)14-11-5-4-10(13)7-12(11)15(16)17/h4-5,7-9,14H,6H2,1-3H3. The van der Waals surface area contributed by atoms with Gasteiger partial charge in [-0.25, -0.2) is 0 Å². The van der Waals surface area contributed by atoms with Crippen molar-refractivity contribution < 1.29 is 4.92 Å². The molecule has 1 aromatic rings. The van der Waals surface area contributed by atoms with Gasteiger partial charge in [-0.15, -0.1) is 0 Å². The molecule has 1 aromatic carbocycles. The quantitative estimate of drug-likeness (QED) is 0.496. The van der Waals surface area contributed by atoms with Crippen LogP contribution in [0, 0.1) is 19.6 Å². The van der Waals surface area contributed by atoms with Gasteiger partial charge in [0.2, 0.25) is 0 Å². The number of nitro groups is 1. The molecule has 0 aliphatic heterocycles. The van der Waals surface area contributed by atoms with Crippen molar-refractivity contribution in [2.24, 2.45) is 5.92 Å². The highest BCUT2D eigenvalue weighted by molar-refractivity contribution is 14.1. The van der Waals surface area contributed by atoms with Gasteiger partial charge < -0.3 is 5.32 Å². The minimum Gasteiger partial charge on any atom is -0.377 e. The molecule has 0 aromatic heterocycles. The third kappa shape index (κ3) is 4.49. The Morgan fingerprint density at radius 3 is 2.59 bits per heavy atom. The number of nitrogens with zero attached hydrogens (tertiary/aromatic N) is 1. The van der Waals surface area contributed by atoms with Crippen LogP contribution >= 0.6 is 22.6 Å². The molecule has 1 atom stereocenters. The summed E-state index contributed by atoms with van der Waals surface area (Å²) in [5, 5.41) is 14.1. The summed E-state index contributed by atoms with van der Waals surface area (Å²) in [5.74, 6) is 0.570. The molecule has 4 nitrogen and oxygen atoms in total. The Bertz CT molecular complexity index is 407. The average Bonchev–Trinajstić information content (AvgIpc) is 2.19. The van der Waals surface area contributed by atoms with Crippen LogP contribution in [0.1, 0.15) is 27.2 Å². The van der Waals surface area contributed by atoms with Crippen molar-refractivity contribution in [3.05, 3.63) is 31.9 Å². The number of hydrogen-bond acceptors (Lipinski definition) is 3. The fourth-order valence-corrected chi connectivity index (χ4v) is 2.28. The van der Waals surface area contributed by atoms with Gasteiger partial charge in [-0.3, -0.25) is 10.1 Å². The summed E-state index contributed by atoms with van der Waals surface area (Å²) in [4.78, 5) is 10.6. The fraction of sp³-hybridized carbons (Fsp3) is 0.500. The number of nitrogens with one attached hydrogen (secondary N) is 1. The van der Waals surface area contributed by atoms with Crippen molar-refractivity contribution in [1.29, 1.82) is 0 Å². The van der Waals surface area contributed by atoms with Gasteiger partial charge >= 0.3 is 0 Å². The number of benzene rings is 1. The van der Waals surface area contributed by atoms with E-state index in [1.54, 1.807) is 12.1 Å². The van der Waals surface area contributed by atoms with Gasteiger partial charge in [0.1, 0.15) is 5.69 Å². The highest BCUT2D eigenvalue weighted by Gasteiger charge is 2.16. The van der Waals surface area contributed by atoms with Gasteiger partial charge in [0, 0.05) is 15.7 Å². The minimum absolute atomic E-state index is 0.146. The van der Waals surface area contributed by atoms with E-state index in [9.17, 15) is 10.1 Å². The first-order chi connectivity index (χ1) is 7.90. The van der Waals surface area contributed by atoms with Crippen molar-refractivity contribution in [2.45, 2.75) is 33.2 Å². The van der Waals surface area contributed by atoms with Crippen molar-refractivity contribution in [3.63, 3.8) is 0 Å². The summed E-state index contributed by atoms with van der Waals surface area (Å²) in [7, 11) is 0. The van der Waals surface area contributed by atoms with Crippen LogP contribution in [0.15, 0.2) is 18.2 Å². The SMILES string of the molecule is CC(C)CC(C)Nc1ccc(I)cc1[N+](=O)[O-]. The maximum absolute atomic E-state index is 10.9. The minimum atomic E-state index is -0.341. The molecule has 0 saturated carbocycles. The maximum Gasteiger partial charge on any atom is 0.293 e. The monoisotopic (exact) mass is 348 g/mol. The second kappa shape index (κ2) is 6.18. The molecule has 0 spiro atoms. The largest absolute Gasteiger partial charge is 0.377 e. The van der Waals surface area contributed by atoms with Gasteiger partial charge in [0.05, 0.1) is 4.92 Å². The van der Waals surface area contributed by atoms with Crippen LogP contribution in [-0.2, 0) is 0 Å². The molecule has 0 bridgehead atoms. The van der Waals surface area contributed by atoms with Crippen molar-refractivity contribution in [3.8, 4) is 0 Å².